The van der Waals surface area contributed by atoms with Crippen molar-refractivity contribution in [1.82, 2.24) is 10.6 Å². The highest BCUT2D eigenvalue weighted by molar-refractivity contribution is 6.31. The summed E-state index contributed by atoms with van der Waals surface area (Å²) in [5.74, 6) is 0.451. The lowest BCUT2D eigenvalue weighted by Crippen LogP contribution is -2.51. The van der Waals surface area contributed by atoms with Crippen molar-refractivity contribution in [2.45, 2.75) is 38.8 Å². The van der Waals surface area contributed by atoms with E-state index in [-0.39, 0.29) is 18.0 Å². The Hall–Kier alpha value is -1.06. The number of rotatable bonds is 3. The zero-order valence-electron chi connectivity index (χ0n) is 11.4. The van der Waals surface area contributed by atoms with Gasteiger partial charge in [-0.3, -0.25) is 4.79 Å². The molecule has 1 fully saturated rings. The van der Waals surface area contributed by atoms with Crippen molar-refractivity contribution in [3.05, 3.63) is 34.9 Å². The molecule has 2 unspecified atom stereocenters. The maximum absolute atomic E-state index is 12.3. The molecule has 0 spiro atoms. The van der Waals surface area contributed by atoms with Crippen molar-refractivity contribution < 1.29 is 4.79 Å². The average Bonchev–Trinajstić information content (AvgIpc) is 2.39. The van der Waals surface area contributed by atoms with Crippen molar-refractivity contribution in [3.63, 3.8) is 0 Å². The standard InChI is InChI=1S/C15H21ClN2O/c1-10-6-5-9-17-14(10)15(19)18-11(2)12-7-3-4-8-13(12)16/h3-4,7-8,10-11,14,17H,5-6,9H2,1-2H3,(H,18,19)/t10?,11-,14?/m0/s1. The maximum Gasteiger partial charge on any atom is 0.237 e. The summed E-state index contributed by atoms with van der Waals surface area (Å²) in [6.07, 6.45) is 2.25. The van der Waals surface area contributed by atoms with Crippen molar-refractivity contribution in [2.75, 3.05) is 6.54 Å². The van der Waals surface area contributed by atoms with E-state index in [9.17, 15) is 4.79 Å². The van der Waals surface area contributed by atoms with E-state index in [1.165, 1.54) is 0 Å². The lowest BCUT2D eigenvalue weighted by Gasteiger charge is -2.30. The third-order valence-corrected chi connectivity index (χ3v) is 4.13. The van der Waals surface area contributed by atoms with Gasteiger partial charge in [-0.1, -0.05) is 36.7 Å². The normalized spacial score (nSPS) is 24.8. The van der Waals surface area contributed by atoms with E-state index >= 15 is 0 Å². The van der Waals surface area contributed by atoms with Gasteiger partial charge >= 0.3 is 0 Å². The molecule has 2 N–H and O–H groups in total. The Kier molecular flexibility index (Phi) is 4.83. The molecule has 0 saturated carbocycles. The first kappa shape index (κ1) is 14.4. The Morgan fingerprint density at radius 3 is 2.89 bits per heavy atom. The number of nitrogens with one attached hydrogen (secondary N) is 2. The van der Waals surface area contributed by atoms with E-state index in [0.29, 0.717) is 10.9 Å². The molecule has 1 aliphatic rings. The van der Waals surface area contributed by atoms with Crippen molar-refractivity contribution in [1.29, 1.82) is 0 Å². The van der Waals surface area contributed by atoms with Crippen LogP contribution in [0.5, 0.6) is 0 Å². The summed E-state index contributed by atoms with van der Waals surface area (Å²) in [5.41, 5.74) is 0.959. The number of hydrogen-bond donors (Lipinski definition) is 2. The van der Waals surface area contributed by atoms with Crippen molar-refractivity contribution in [3.8, 4) is 0 Å². The molecule has 2 rings (SSSR count). The molecular weight excluding hydrogens is 260 g/mol. The SMILES string of the molecule is CC1CCCNC1C(=O)N[C@@H](C)c1ccccc1Cl. The van der Waals surface area contributed by atoms with Crippen LogP contribution in [-0.4, -0.2) is 18.5 Å². The topological polar surface area (TPSA) is 41.1 Å². The summed E-state index contributed by atoms with van der Waals surface area (Å²) in [5, 5.41) is 7.04. The molecule has 0 aromatic heterocycles. The van der Waals surface area contributed by atoms with E-state index in [1.54, 1.807) is 0 Å². The number of benzene rings is 1. The number of carbonyl (C=O) groups is 1. The van der Waals surface area contributed by atoms with Gasteiger partial charge in [0.05, 0.1) is 12.1 Å². The van der Waals surface area contributed by atoms with E-state index in [4.69, 9.17) is 11.6 Å². The predicted octanol–water partition coefficient (Wildman–Crippen LogP) is 2.91. The summed E-state index contributed by atoms with van der Waals surface area (Å²) in [6.45, 7) is 5.01. The first-order chi connectivity index (χ1) is 9.09. The van der Waals surface area contributed by atoms with Crippen LogP contribution in [0, 0.1) is 5.92 Å². The van der Waals surface area contributed by atoms with Gasteiger partial charge in [-0.15, -0.1) is 0 Å². The van der Waals surface area contributed by atoms with E-state index < -0.39 is 0 Å². The number of hydrogen-bond acceptors (Lipinski definition) is 2. The highest BCUT2D eigenvalue weighted by atomic mass is 35.5. The first-order valence-corrected chi connectivity index (χ1v) is 7.25. The number of amides is 1. The zero-order valence-corrected chi connectivity index (χ0v) is 12.2. The monoisotopic (exact) mass is 280 g/mol. The molecule has 1 heterocycles. The minimum absolute atomic E-state index is 0.0691. The van der Waals surface area contributed by atoms with Crippen LogP contribution in [-0.2, 0) is 4.79 Å². The van der Waals surface area contributed by atoms with Crippen LogP contribution in [0.4, 0.5) is 0 Å². The second kappa shape index (κ2) is 6.40. The molecule has 0 bridgehead atoms. The van der Waals surface area contributed by atoms with Gasteiger partial charge in [0, 0.05) is 5.02 Å². The fourth-order valence-corrected chi connectivity index (χ4v) is 2.91. The maximum atomic E-state index is 12.3. The number of piperidine rings is 1. The van der Waals surface area contributed by atoms with Gasteiger partial charge in [0.15, 0.2) is 0 Å². The average molecular weight is 281 g/mol. The molecule has 1 aromatic carbocycles. The molecule has 1 amide bonds. The third kappa shape index (κ3) is 3.48. The highest BCUT2D eigenvalue weighted by Gasteiger charge is 2.28. The molecule has 3 nitrogen and oxygen atoms in total. The van der Waals surface area contributed by atoms with Gasteiger partial charge in [-0.05, 0) is 43.9 Å². The van der Waals surface area contributed by atoms with E-state index in [2.05, 4.69) is 17.6 Å². The summed E-state index contributed by atoms with van der Waals surface area (Å²) in [6, 6.07) is 7.47. The minimum Gasteiger partial charge on any atom is -0.348 e. The predicted molar refractivity (Wildman–Crippen MR) is 78.2 cm³/mol. The molecule has 1 aliphatic heterocycles. The number of halogens is 1. The van der Waals surface area contributed by atoms with E-state index in [0.717, 1.165) is 24.9 Å². The summed E-state index contributed by atoms with van der Waals surface area (Å²) < 4.78 is 0. The quantitative estimate of drug-likeness (QED) is 0.894. The van der Waals surface area contributed by atoms with Crippen LogP contribution in [0.25, 0.3) is 0 Å². The van der Waals surface area contributed by atoms with Crippen LogP contribution in [0.1, 0.15) is 38.3 Å². The van der Waals surface area contributed by atoms with Gasteiger partial charge in [0.25, 0.3) is 0 Å². The Balaban J connectivity index is 2.00. The highest BCUT2D eigenvalue weighted by Crippen LogP contribution is 2.23. The van der Waals surface area contributed by atoms with Crippen molar-refractivity contribution >= 4 is 17.5 Å². The van der Waals surface area contributed by atoms with Gasteiger partial charge in [0.2, 0.25) is 5.91 Å². The Morgan fingerprint density at radius 1 is 1.47 bits per heavy atom. The number of carbonyl (C=O) groups excluding carboxylic acids is 1. The van der Waals surface area contributed by atoms with Crippen LogP contribution in [0.2, 0.25) is 5.02 Å². The fourth-order valence-electron chi connectivity index (χ4n) is 2.61. The lowest BCUT2D eigenvalue weighted by atomic mass is 9.92. The summed E-state index contributed by atoms with van der Waals surface area (Å²) in [4.78, 5) is 12.3. The zero-order chi connectivity index (χ0) is 13.8. The van der Waals surface area contributed by atoms with Gasteiger partial charge in [-0.25, -0.2) is 0 Å². The van der Waals surface area contributed by atoms with Gasteiger partial charge in [0.1, 0.15) is 0 Å². The molecule has 1 aromatic rings. The molecule has 3 atom stereocenters. The second-order valence-electron chi connectivity index (χ2n) is 5.30. The molecule has 0 radical (unpaired) electrons. The third-order valence-electron chi connectivity index (χ3n) is 3.78. The van der Waals surface area contributed by atoms with Crippen LogP contribution in [0.3, 0.4) is 0 Å². The molecule has 1 saturated heterocycles. The molecule has 4 heteroatoms. The summed E-state index contributed by atoms with van der Waals surface area (Å²) >= 11 is 6.15. The van der Waals surface area contributed by atoms with Gasteiger partial charge in [-0.2, -0.15) is 0 Å². The minimum atomic E-state index is -0.0845. The van der Waals surface area contributed by atoms with Crippen LogP contribution >= 0.6 is 11.6 Å². The second-order valence-corrected chi connectivity index (χ2v) is 5.71. The van der Waals surface area contributed by atoms with Gasteiger partial charge < -0.3 is 10.6 Å². The largest absolute Gasteiger partial charge is 0.348 e. The molecule has 0 aliphatic carbocycles. The lowest BCUT2D eigenvalue weighted by molar-refractivity contribution is -0.125. The molecule has 19 heavy (non-hydrogen) atoms. The Morgan fingerprint density at radius 2 is 2.21 bits per heavy atom. The Labute approximate surface area is 119 Å². The Bertz CT molecular complexity index is 450. The first-order valence-electron chi connectivity index (χ1n) is 6.87. The smallest absolute Gasteiger partial charge is 0.237 e. The molecule has 104 valence electrons. The summed E-state index contributed by atoms with van der Waals surface area (Å²) in [7, 11) is 0. The fraction of sp³-hybridized carbons (Fsp3) is 0.533. The van der Waals surface area contributed by atoms with E-state index in [1.807, 2.05) is 31.2 Å². The van der Waals surface area contributed by atoms with Crippen LogP contribution < -0.4 is 10.6 Å². The van der Waals surface area contributed by atoms with Crippen molar-refractivity contribution in [2.24, 2.45) is 5.92 Å². The molecular formula is C15H21ClN2O. The van der Waals surface area contributed by atoms with Crippen LogP contribution in [0.15, 0.2) is 24.3 Å².